The summed E-state index contributed by atoms with van der Waals surface area (Å²) in [6.07, 6.45) is 1.59. The molecule has 2 aliphatic rings. The summed E-state index contributed by atoms with van der Waals surface area (Å²) in [4.78, 5) is 11.4. The van der Waals surface area contributed by atoms with Crippen LogP contribution in [0.2, 0.25) is 0 Å². The molecule has 2 heterocycles. The Bertz CT molecular complexity index is 515. The molecule has 3 rings (SSSR count). The summed E-state index contributed by atoms with van der Waals surface area (Å²) >= 11 is 0. The first-order valence-corrected chi connectivity index (χ1v) is 5.70. The van der Waals surface area contributed by atoms with Crippen molar-refractivity contribution in [1.82, 2.24) is 0 Å². The minimum Gasteiger partial charge on any atom is -0.531 e. The molecule has 0 bridgehead atoms. The van der Waals surface area contributed by atoms with Crippen LogP contribution in [-0.4, -0.2) is 36.3 Å². The number of ether oxygens (including phenoxy) is 2. The maximum absolute atomic E-state index is 11.4. The van der Waals surface area contributed by atoms with Crippen molar-refractivity contribution < 1.29 is 29.1 Å². The van der Waals surface area contributed by atoms with E-state index in [1.54, 1.807) is 6.07 Å². The minimum atomic E-state index is -1.16. The molecule has 1 aromatic carbocycles. The molecule has 1 aromatic rings. The second kappa shape index (κ2) is 4.10. The van der Waals surface area contributed by atoms with Crippen molar-refractivity contribution in [2.75, 3.05) is 13.1 Å². The molecule has 94 valence electrons. The molecule has 0 amide bonds. The van der Waals surface area contributed by atoms with Gasteiger partial charge in [0.2, 0.25) is 0 Å². The van der Waals surface area contributed by atoms with Crippen molar-refractivity contribution in [3.63, 3.8) is 0 Å². The Balaban J connectivity index is 2.20. The number of hydrogen-bond acceptors (Lipinski definition) is 5. The largest absolute Gasteiger partial charge is 0.563 e. The first-order chi connectivity index (χ1) is 8.66. The molecule has 0 unspecified atom stereocenters. The van der Waals surface area contributed by atoms with E-state index in [1.807, 2.05) is 0 Å². The molecule has 2 N–H and O–H groups in total. The van der Waals surface area contributed by atoms with Gasteiger partial charge >= 0.3 is 13.1 Å². The number of hydrogen-bond donors (Lipinski definition) is 2. The summed E-state index contributed by atoms with van der Waals surface area (Å²) in [5.74, 6) is -0.434. The monoisotopic (exact) mass is 250 g/mol. The van der Waals surface area contributed by atoms with Gasteiger partial charge in [0.05, 0.1) is 6.61 Å². The Morgan fingerprint density at radius 3 is 2.94 bits per heavy atom. The Morgan fingerprint density at radius 1 is 1.33 bits per heavy atom. The van der Waals surface area contributed by atoms with Crippen molar-refractivity contribution >= 4 is 13.1 Å². The van der Waals surface area contributed by atoms with Crippen LogP contribution in [0.25, 0.3) is 0 Å². The van der Waals surface area contributed by atoms with Gasteiger partial charge < -0.3 is 24.3 Å². The Kier molecular flexibility index (Phi) is 2.55. The lowest BCUT2D eigenvalue weighted by Gasteiger charge is -2.27. The van der Waals surface area contributed by atoms with Crippen molar-refractivity contribution in [2.45, 2.75) is 12.8 Å². The lowest BCUT2D eigenvalue weighted by atomic mass is 9.90. The number of aryl methyl sites for hydroxylation is 1. The third-order valence-electron chi connectivity index (χ3n) is 2.96. The molecule has 18 heavy (non-hydrogen) atoms. The van der Waals surface area contributed by atoms with E-state index in [2.05, 4.69) is 0 Å². The predicted octanol–water partition coefficient (Wildman–Crippen LogP) is 0.501. The molecule has 0 spiro atoms. The van der Waals surface area contributed by atoms with Gasteiger partial charge in [-0.05, 0) is 24.5 Å². The lowest BCUT2D eigenvalue weighted by molar-refractivity contribution is 0.0687. The molecular weight excluding hydrogens is 239 g/mol. The molecule has 0 aromatic heterocycles. The van der Waals surface area contributed by atoms with Gasteiger partial charge in [-0.3, -0.25) is 0 Å². The van der Waals surface area contributed by atoms with Crippen molar-refractivity contribution in [3.8, 4) is 17.2 Å². The van der Waals surface area contributed by atoms with Crippen LogP contribution in [0.3, 0.4) is 0 Å². The fraction of sp³-hybridized carbons (Fsp3) is 0.364. The molecule has 2 aliphatic heterocycles. The topological polar surface area (TPSA) is 85.2 Å². The zero-order valence-corrected chi connectivity index (χ0v) is 9.51. The quantitative estimate of drug-likeness (QED) is 0.706. The fourth-order valence-electron chi connectivity index (χ4n) is 2.21. The SMILES string of the molecule is O=C(O)c1c2c(cc3c1OB(O)CO3)CCCO2. The van der Waals surface area contributed by atoms with Gasteiger partial charge in [0.1, 0.15) is 17.8 Å². The summed E-state index contributed by atoms with van der Waals surface area (Å²) in [6.45, 7) is 0.473. The van der Waals surface area contributed by atoms with Gasteiger partial charge in [-0.2, -0.15) is 0 Å². The highest BCUT2D eigenvalue weighted by Crippen LogP contribution is 2.44. The molecule has 7 heteroatoms. The summed E-state index contributed by atoms with van der Waals surface area (Å²) < 4.78 is 15.9. The molecule has 0 radical (unpaired) electrons. The van der Waals surface area contributed by atoms with Crippen LogP contribution in [0.15, 0.2) is 6.07 Å². The van der Waals surface area contributed by atoms with E-state index < -0.39 is 13.1 Å². The number of rotatable bonds is 1. The van der Waals surface area contributed by atoms with Gasteiger partial charge in [0, 0.05) is 0 Å². The number of benzene rings is 1. The highest BCUT2D eigenvalue weighted by atomic mass is 16.6. The fourth-order valence-corrected chi connectivity index (χ4v) is 2.21. The number of fused-ring (bicyclic) bond motifs is 2. The summed E-state index contributed by atoms with van der Waals surface area (Å²) in [5.41, 5.74) is 0.735. The van der Waals surface area contributed by atoms with Crippen LogP contribution in [-0.2, 0) is 6.42 Å². The van der Waals surface area contributed by atoms with Gasteiger partial charge in [-0.25, -0.2) is 4.79 Å². The average Bonchev–Trinajstić information content (AvgIpc) is 2.35. The van der Waals surface area contributed by atoms with Crippen LogP contribution in [0.5, 0.6) is 17.2 Å². The number of aromatic carboxylic acids is 1. The second-order valence-electron chi connectivity index (χ2n) is 4.21. The summed E-state index contributed by atoms with van der Waals surface area (Å²) in [6, 6.07) is 1.72. The normalized spacial score (nSPS) is 16.8. The molecule has 0 saturated carbocycles. The highest BCUT2D eigenvalue weighted by molar-refractivity contribution is 6.44. The van der Waals surface area contributed by atoms with Gasteiger partial charge in [0.15, 0.2) is 11.5 Å². The zero-order valence-electron chi connectivity index (χ0n) is 9.51. The summed E-state index contributed by atoms with van der Waals surface area (Å²) in [5, 5.41) is 18.7. The Labute approximate surface area is 103 Å². The molecule has 6 nitrogen and oxygen atoms in total. The van der Waals surface area contributed by atoms with E-state index in [1.165, 1.54) is 0 Å². The van der Waals surface area contributed by atoms with E-state index in [0.29, 0.717) is 18.1 Å². The lowest BCUT2D eigenvalue weighted by Crippen LogP contribution is -2.35. The van der Waals surface area contributed by atoms with Crippen molar-refractivity contribution in [2.24, 2.45) is 0 Å². The van der Waals surface area contributed by atoms with Gasteiger partial charge in [-0.1, -0.05) is 0 Å². The third kappa shape index (κ3) is 1.67. The Hall–Kier alpha value is -1.89. The van der Waals surface area contributed by atoms with Crippen LogP contribution in [0.1, 0.15) is 22.3 Å². The van der Waals surface area contributed by atoms with E-state index in [9.17, 15) is 14.9 Å². The Morgan fingerprint density at radius 2 is 2.17 bits per heavy atom. The molecule has 0 atom stereocenters. The van der Waals surface area contributed by atoms with Crippen LogP contribution in [0, 0.1) is 0 Å². The van der Waals surface area contributed by atoms with Crippen LogP contribution < -0.4 is 14.1 Å². The highest BCUT2D eigenvalue weighted by Gasteiger charge is 2.34. The van der Waals surface area contributed by atoms with E-state index >= 15 is 0 Å². The van der Waals surface area contributed by atoms with Crippen LogP contribution >= 0.6 is 0 Å². The first kappa shape index (κ1) is 11.2. The van der Waals surface area contributed by atoms with Crippen LogP contribution in [0.4, 0.5) is 0 Å². The number of carboxylic acid groups (broad SMARTS) is 1. The molecule has 0 saturated heterocycles. The predicted molar refractivity (Wildman–Crippen MR) is 61.3 cm³/mol. The van der Waals surface area contributed by atoms with Gasteiger partial charge in [0.25, 0.3) is 0 Å². The van der Waals surface area contributed by atoms with Crippen molar-refractivity contribution in [3.05, 3.63) is 17.2 Å². The maximum Gasteiger partial charge on any atom is 0.563 e. The maximum atomic E-state index is 11.4. The molecule has 0 aliphatic carbocycles. The smallest absolute Gasteiger partial charge is 0.531 e. The first-order valence-electron chi connectivity index (χ1n) is 5.70. The zero-order chi connectivity index (χ0) is 12.7. The van der Waals surface area contributed by atoms with E-state index in [4.69, 9.17) is 14.1 Å². The van der Waals surface area contributed by atoms with E-state index in [-0.39, 0.29) is 17.8 Å². The summed E-state index contributed by atoms with van der Waals surface area (Å²) in [7, 11) is -1.16. The van der Waals surface area contributed by atoms with E-state index in [0.717, 1.165) is 18.4 Å². The second-order valence-corrected chi connectivity index (χ2v) is 4.21. The van der Waals surface area contributed by atoms with Crippen molar-refractivity contribution in [1.29, 1.82) is 0 Å². The minimum absolute atomic E-state index is 0.00823. The standard InChI is InChI=1S/C11H11BO6/c13-11(14)8-9-6(2-1-3-16-9)4-7-10(8)18-12(15)5-17-7/h4,15H,1-3,5H2,(H,13,14). The number of carbonyl (C=O) groups is 1. The average molecular weight is 250 g/mol. The van der Waals surface area contributed by atoms with Gasteiger partial charge in [-0.15, -0.1) is 0 Å². The molecule has 0 fully saturated rings. The third-order valence-corrected chi connectivity index (χ3v) is 2.96. The molecular formula is C11H11BO6. The number of carboxylic acids is 1.